The van der Waals surface area contributed by atoms with Gasteiger partial charge in [-0.2, -0.15) is 0 Å². The Morgan fingerprint density at radius 1 is 1.47 bits per heavy atom. The molecule has 2 aliphatic heterocycles. The van der Waals surface area contributed by atoms with Crippen LogP contribution in [0.5, 0.6) is 0 Å². The summed E-state index contributed by atoms with van der Waals surface area (Å²) in [5, 5.41) is 9.09. The SMILES string of the molecule is O=C(O)N1C[C@@]2(Cc3ccccc3)C[C@@H]1CO2. The number of carbonyl (C=O) groups is 1. The Kier molecular flexibility index (Phi) is 2.33. The number of nitrogens with zero attached hydrogens (tertiary/aromatic N) is 1. The molecule has 1 aromatic carbocycles. The largest absolute Gasteiger partial charge is 0.465 e. The van der Waals surface area contributed by atoms with Crippen LogP contribution in [0.2, 0.25) is 0 Å². The minimum absolute atomic E-state index is 0.0520. The zero-order valence-electron chi connectivity index (χ0n) is 9.50. The second kappa shape index (κ2) is 3.74. The molecule has 1 aromatic rings. The van der Waals surface area contributed by atoms with Crippen LogP contribution in [0.15, 0.2) is 30.3 Å². The zero-order valence-corrected chi connectivity index (χ0v) is 9.50. The van der Waals surface area contributed by atoms with Gasteiger partial charge in [-0.3, -0.25) is 0 Å². The molecule has 0 aliphatic carbocycles. The number of hydrogen-bond donors (Lipinski definition) is 1. The zero-order chi connectivity index (χ0) is 11.9. The van der Waals surface area contributed by atoms with Gasteiger partial charge < -0.3 is 14.7 Å². The van der Waals surface area contributed by atoms with Gasteiger partial charge >= 0.3 is 6.09 Å². The lowest BCUT2D eigenvalue weighted by atomic mass is 9.94. The molecule has 90 valence electrons. The number of amides is 1. The van der Waals surface area contributed by atoms with Crippen LogP contribution in [0.3, 0.4) is 0 Å². The molecule has 1 N–H and O–H groups in total. The van der Waals surface area contributed by atoms with E-state index in [0.717, 1.165) is 12.8 Å². The number of benzene rings is 1. The Hall–Kier alpha value is -1.55. The molecule has 0 aromatic heterocycles. The van der Waals surface area contributed by atoms with Gasteiger partial charge in [0.2, 0.25) is 0 Å². The average Bonchev–Trinajstić information content (AvgIpc) is 2.87. The fraction of sp³-hybridized carbons (Fsp3) is 0.462. The monoisotopic (exact) mass is 233 g/mol. The molecule has 0 saturated carbocycles. The Morgan fingerprint density at radius 2 is 2.24 bits per heavy atom. The van der Waals surface area contributed by atoms with Crippen LogP contribution in [-0.2, 0) is 11.2 Å². The second-order valence-corrected chi connectivity index (χ2v) is 4.92. The topological polar surface area (TPSA) is 49.8 Å². The van der Waals surface area contributed by atoms with E-state index in [0.29, 0.717) is 13.2 Å². The lowest BCUT2D eigenvalue weighted by Crippen LogP contribution is -2.45. The van der Waals surface area contributed by atoms with Gasteiger partial charge in [0.25, 0.3) is 0 Å². The first-order valence-corrected chi connectivity index (χ1v) is 5.86. The minimum Gasteiger partial charge on any atom is -0.465 e. The summed E-state index contributed by atoms with van der Waals surface area (Å²) in [6.45, 7) is 1.04. The van der Waals surface area contributed by atoms with Crippen molar-refractivity contribution in [2.75, 3.05) is 13.2 Å². The Balaban J connectivity index is 1.78. The second-order valence-electron chi connectivity index (χ2n) is 4.92. The molecule has 0 unspecified atom stereocenters. The van der Waals surface area contributed by atoms with Crippen molar-refractivity contribution in [3.8, 4) is 0 Å². The predicted octanol–water partition coefficient (Wildman–Crippen LogP) is 1.75. The summed E-state index contributed by atoms with van der Waals surface area (Å²) >= 11 is 0. The van der Waals surface area contributed by atoms with Gasteiger partial charge in [-0.1, -0.05) is 30.3 Å². The molecule has 0 spiro atoms. The molecule has 1 amide bonds. The molecule has 2 bridgehead atoms. The van der Waals surface area contributed by atoms with E-state index in [1.165, 1.54) is 10.5 Å². The normalized spacial score (nSPS) is 30.8. The van der Waals surface area contributed by atoms with Crippen LogP contribution in [0.1, 0.15) is 12.0 Å². The van der Waals surface area contributed by atoms with Crippen molar-refractivity contribution in [2.45, 2.75) is 24.5 Å². The fourth-order valence-corrected chi connectivity index (χ4v) is 2.94. The van der Waals surface area contributed by atoms with Gasteiger partial charge in [-0.15, -0.1) is 0 Å². The summed E-state index contributed by atoms with van der Waals surface area (Å²) in [6, 6.07) is 10.2. The number of ether oxygens (including phenoxy) is 1. The molecular weight excluding hydrogens is 218 g/mol. The summed E-state index contributed by atoms with van der Waals surface area (Å²) < 4.78 is 5.82. The van der Waals surface area contributed by atoms with Gasteiger partial charge in [0.15, 0.2) is 0 Å². The van der Waals surface area contributed by atoms with Crippen molar-refractivity contribution < 1.29 is 14.6 Å². The highest BCUT2D eigenvalue weighted by atomic mass is 16.5. The standard InChI is InChI=1S/C13H15NO3/c15-12(16)14-9-13(7-11(14)8-17-13)6-10-4-2-1-3-5-10/h1-5,11H,6-9H2,(H,15,16)/t11-,13-/m1/s1. The molecule has 0 radical (unpaired) electrons. The maximum absolute atomic E-state index is 11.1. The summed E-state index contributed by atoms with van der Waals surface area (Å²) in [4.78, 5) is 12.6. The Morgan fingerprint density at radius 3 is 2.88 bits per heavy atom. The molecule has 3 rings (SSSR count). The lowest BCUT2D eigenvalue weighted by Gasteiger charge is -2.31. The number of morpholine rings is 1. The highest BCUT2D eigenvalue weighted by molar-refractivity contribution is 5.66. The number of hydrogen-bond acceptors (Lipinski definition) is 2. The van der Waals surface area contributed by atoms with Crippen molar-refractivity contribution in [1.82, 2.24) is 4.90 Å². The van der Waals surface area contributed by atoms with E-state index >= 15 is 0 Å². The van der Waals surface area contributed by atoms with E-state index in [2.05, 4.69) is 12.1 Å². The molecule has 4 heteroatoms. The first-order valence-electron chi connectivity index (χ1n) is 5.86. The van der Waals surface area contributed by atoms with Crippen LogP contribution in [0.25, 0.3) is 0 Å². The predicted molar refractivity (Wildman–Crippen MR) is 62.0 cm³/mol. The van der Waals surface area contributed by atoms with Crippen LogP contribution in [0, 0.1) is 0 Å². The summed E-state index contributed by atoms with van der Waals surface area (Å²) in [5.74, 6) is 0. The van der Waals surface area contributed by atoms with Crippen molar-refractivity contribution >= 4 is 6.09 Å². The van der Waals surface area contributed by atoms with Gasteiger partial charge in [0, 0.05) is 12.8 Å². The summed E-state index contributed by atoms with van der Waals surface area (Å²) in [5.41, 5.74) is 0.921. The van der Waals surface area contributed by atoms with E-state index in [1.54, 1.807) is 0 Å². The Labute approximate surface area is 99.8 Å². The number of rotatable bonds is 2. The van der Waals surface area contributed by atoms with Crippen molar-refractivity contribution in [3.63, 3.8) is 0 Å². The van der Waals surface area contributed by atoms with Gasteiger partial charge in [0.1, 0.15) is 0 Å². The molecule has 17 heavy (non-hydrogen) atoms. The van der Waals surface area contributed by atoms with Gasteiger partial charge in [-0.05, 0) is 5.56 Å². The molecular formula is C13H15NO3. The van der Waals surface area contributed by atoms with Gasteiger partial charge in [0.05, 0.1) is 24.8 Å². The quantitative estimate of drug-likeness (QED) is 0.846. The van der Waals surface area contributed by atoms with Crippen LogP contribution in [-0.4, -0.2) is 40.9 Å². The van der Waals surface area contributed by atoms with Crippen molar-refractivity contribution in [3.05, 3.63) is 35.9 Å². The van der Waals surface area contributed by atoms with Crippen LogP contribution in [0.4, 0.5) is 4.79 Å². The van der Waals surface area contributed by atoms with E-state index in [-0.39, 0.29) is 11.6 Å². The maximum atomic E-state index is 11.1. The lowest BCUT2D eigenvalue weighted by molar-refractivity contribution is -0.0386. The first-order chi connectivity index (χ1) is 8.19. The van der Waals surface area contributed by atoms with Crippen molar-refractivity contribution in [1.29, 1.82) is 0 Å². The molecule has 2 fully saturated rings. The van der Waals surface area contributed by atoms with Crippen LogP contribution >= 0.6 is 0 Å². The third-order valence-electron chi connectivity index (χ3n) is 3.70. The van der Waals surface area contributed by atoms with E-state index < -0.39 is 6.09 Å². The highest BCUT2D eigenvalue weighted by Gasteiger charge is 2.52. The third kappa shape index (κ3) is 1.78. The highest BCUT2D eigenvalue weighted by Crippen LogP contribution is 2.39. The van der Waals surface area contributed by atoms with Gasteiger partial charge in [-0.25, -0.2) is 4.79 Å². The smallest absolute Gasteiger partial charge is 0.407 e. The molecule has 2 saturated heterocycles. The summed E-state index contributed by atoms with van der Waals surface area (Å²) in [6.07, 6.45) is 0.802. The molecule has 2 heterocycles. The number of carboxylic acid groups (broad SMARTS) is 1. The fourth-order valence-electron chi connectivity index (χ4n) is 2.94. The van der Waals surface area contributed by atoms with E-state index in [1.807, 2.05) is 18.2 Å². The molecule has 4 nitrogen and oxygen atoms in total. The van der Waals surface area contributed by atoms with Crippen LogP contribution < -0.4 is 0 Å². The van der Waals surface area contributed by atoms with E-state index in [9.17, 15) is 4.79 Å². The minimum atomic E-state index is -0.826. The molecule has 2 aliphatic rings. The molecule has 2 atom stereocenters. The number of likely N-dealkylation sites (tertiary alicyclic amines) is 1. The van der Waals surface area contributed by atoms with Crippen molar-refractivity contribution in [2.24, 2.45) is 0 Å². The maximum Gasteiger partial charge on any atom is 0.407 e. The first kappa shape index (κ1) is 10.6. The number of fused-ring (bicyclic) bond motifs is 2. The average molecular weight is 233 g/mol. The third-order valence-corrected chi connectivity index (χ3v) is 3.70. The Bertz CT molecular complexity index is 434. The summed E-state index contributed by atoms with van der Waals surface area (Å²) in [7, 11) is 0. The van der Waals surface area contributed by atoms with E-state index in [4.69, 9.17) is 9.84 Å².